The fourth-order valence-corrected chi connectivity index (χ4v) is 7.51. The van der Waals surface area contributed by atoms with Gasteiger partial charge in [0, 0.05) is 27.1 Å². The first-order valence-corrected chi connectivity index (χ1v) is 16.3. The Labute approximate surface area is 288 Å². The van der Waals surface area contributed by atoms with Gasteiger partial charge >= 0.3 is 0 Å². The van der Waals surface area contributed by atoms with Crippen LogP contribution in [0.1, 0.15) is 11.1 Å². The van der Waals surface area contributed by atoms with E-state index in [-0.39, 0.29) is 0 Å². The monoisotopic (exact) mass is 635 g/mol. The van der Waals surface area contributed by atoms with Crippen LogP contribution in [0.25, 0.3) is 82.1 Å². The minimum absolute atomic E-state index is 0.407. The molecule has 0 atom stereocenters. The van der Waals surface area contributed by atoms with Gasteiger partial charge in [-0.05, 0) is 71.3 Å². The predicted octanol–water partition coefficient (Wildman–Crippen LogP) is 11.5. The lowest BCUT2D eigenvalue weighted by Crippen LogP contribution is -2.00. The highest BCUT2D eigenvalue weighted by atomic mass is 15.0. The van der Waals surface area contributed by atoms with Crippen LogP contribution in [0.4, 0.5) is 5.69 Å². The van der Waals surface area contributed by atoms with Gasteiger partial charge in [0.1, 0.15) is 0 Å². The lowest BCUT2D eigenvalue weighted by molar-refractivity contribution is 1.17. The van der Waals surface area contributed by atoms with Crippen molar-refractivity contribution in [3.63, 3.8) is 0 Å². The second-order valence-electron chi connectivity index (χ2n) is 12.2. The zero-order valence-electron chi connectivity index (χ0n) is 26.7. The van der Waals surface area contributed by atoms with E-state index in [0.29, 0.717) is 22.5 Å². The Morgan fingerprint density at radius 1 is 0.480 bits per heavy atom. The van der Waals surface area contributed by atoms with E-state index in [9.17, 15) is 10.5 Å². The molecule has 5 nitrogen and oxygen atoms in total. The summed E-state index contributed by atoms with van der Waals surface area (Å²) < 4.78 is 4.32. The van der Waals surface area contributed by atoms with Gasteiger partial charge in [-0.25, -0.2) is 4.85 Å². The summed E-state index contributed by atoms with van der Waals surface area (Å²) in [5.41, 5.74) is 10.7. The van der Waals surface area contributed by atoms with E-state index in [1.807, 2.05) is 103 Å². The molecule has 230 valence electrons. The minimum Gasteiger partial charge on any atom is -0.318 e. The van der Waals surface area contributed by atoms with Crippen molar-refractivity contribution >= 4 is 49.3 Å². The van der Waals surface area contributed by atoms with Crippen molar-refractivity contribution in [2.24, 2.45) is 0 Å². The average Bonchev–Trinajstić information content (AvgIpc) is 3.69. The van der Waals surface area contributed by atoms with Crippen LogP contribution in [0, 0.1) is 29.2 Å². The molecule has 7 aromatic carbocycles. The zero-order chi connectivity index (χ0) is 33.8. The molecule has 2 aromatic heterocycles. The lowest BCUT2D eigenvalue weighted by Gasteiger charge is -2.18. The number of para-hydroxylation sites is 4. The van der Waals surface area contributed by atoms with E-state index in [2.05, 4.69) is 74.6 Å². The van der Waals surface area contributed by atoms with Crippen molar-refractivity contribution in [2.75, 3.05) is 0 Å². The summed E-state index contributed by atoms with van der Waals surface area (Å²) >= 11 is 0. The number of nitriles is 2. The van der Waals surface area contributed by atoms with Gasteiger partial charge in [0.15, 0.2) is 0 Å². The summed E-state index contributed by atoms with van der Waals surface area (Å²) in [6.45, 7) is 8.34. The molecule has 0 saturated heterocycles. The molecule has 9 rings (SSSR count). The van der Waals surface area contributed by atoms with Crippen LogP contribution in [-0.4, -0.2) is 9.13 Å². The van der Waals surface area contributed by atoms with Crippen molar-refractivity contribution in [2.45, 2.75) is 0 Å². The van der Waals surface area contributed by atoms with Crippen molar-refractivity contribution < 1.29 is 0 Å². The van der Waals surface area contributed by atoms with Crippen LogP contribution in [-0.2, 0) is 0 Å². The lowest BCUT2D eigenvalue weighted by atomic mass is 9.92. The first-order valence-electron chi connectivity index (χ1n) is 16.3. The van der Waals surface area contributed by atoms with Gasteiger partial charge in [-0.15, -0.1) is 0 Å². The highest BCUT2D eigenvalue weighted by Gasteiger charge is 2.22. The fraction of sp³-hybridized carbons (Fsp3) is 0. The quantitative estimate of drug-likeness (QED) is 0.181. The second-order valence-corrected chi connectivity index (χ2v) is 12.2. The molecule has 0 N–H and O–H groups in total. The van der Waals surface area contributed by atoms with Crippen LogP contribution in [0.2, 0.25) is 0 Å². The standard InChI is InChI=1S/C45H25N5/c1-48-39-26-30(25-31(28-47)45(39)50-42-20-10-5-15-35(42)36-16-6-11-21-43(36)50)32-12-2-3-13-33(32)34-14-4-8-18-40(34)49-41-19-9-7-17-37(41)38-24-29(27-46)22-23-44(38)49/h2-26H. The number of aromatic nitrogens is 2. The molecule has 0 fully saturated rings. The first kappa shape index (κ1) is 28.8. The Kier molecular flexibility index (Phi) is 6.56. The largest absolute Gasteiger partial charge is 0.318 e. The van der Waals surface area contributed by atoms with Crippen molar-refractivity contribution in [3.05, 3.63) is 174 Å². The molecule has 2 heterocycles. The Hall–Kier alpha value is -7.39. The number of rotatable bonds is 4. The van der Waals surface area contributed by atoms with E-state index >= 15 is 0 Å². The highest BCUT2D eigenvalue weighted by Crippen LogP contribution is 2.43. The predicted molar refractivity (Wildman–Crippen MR) is 202 cm³/mol. The van der Waals surface area contributed by atoms with Gasteiger partial charge in [-0.3, -0.25) is 0 Å². The Bertz CT molecular complexity index is 2880. The molecule has 0 radical (unpaired) electrons. The van der Waals surface area contributed by atoms with Crippen LogP contribution in [0.3, 0.4) is 0 Å². The van der Waals surface area contributed by atoms with E-state index in [1.54, 1.807) is 0 Å². The second kappa shape index (κ2) is 11.4. The molecular weight excluding hydrogens is 611 g/mol. The fourth-order valence-electron chi connectivity index (χ4n) is 7.51. The summed E-state index contributed by atoms with van der Waals surface area (Å²) in [5, 5.41) is 24.6. The molecule has 0 aliphatic heterocycles. The Morgan fingerprint density at radius 3 is 1.66 bits per heavy atom. The number of nitrogens with zero attached hydrogens (tertiary/aromatic N) is 5. The molecule has 9 aromatic rings. The van der Waals surface area contributed by atoms with Crippen LogP contribution in [0.5, 0.6) is 0 Å². The summed E-state index contributed by atoms with van der Waals surface area (Å²) in [5.74, 6) is 0. The third kappa shape index (κ3) is 4.24. The topological polar surface area (TPSA) is 61.8 Å². The number of fused-ring (bicyclic) bond motifs is 6. The van der Waals surface area contributed by atoms with Crippen LogP contribution >= 0.6 is 0 Å². The molecular formula is C45H25N5. The average molecular weight is 636 g/mol. The van der Waals surface area contributed by atoms with E-state index in [0.717, 1.165) is 71.6 Å². The smallest absolute Gasteiger partial charge is 0.212 e. The minimum atomic E-state index is 0.407. The number of benzene rings is 7. The van der Waals surface area contributed by atoms with Gasteiger partial charge in [0.2, 0.25) is 5.69 Å². The maximum atomic E-state index is 10.7. The molecule has 0 spiro atoms. The van der Waals surface area contributed by atoms with E-state index in [4.69, 9.17) is 6.57 Å². The molecule has 0 bridgehead atoms. The van der Waals surface area contributed by atoms with Crippen LogP contribution < -0.4 is 0 Å². The third-order valence-electron chi connectivity index (χ3n) is 9.61. The van der Waals surface area contributed by atoms with Gasteiger partial charge in [-0.2, -0.15) is 10.5 Å². The number of hydrogen-bond donors (Lipinski definition) is 0. The maximum absolute atomic E-state index is 10.7. The summed E-state index contributed by atoms with van der Waals surface area (Å²) in [6, 6.07) is 55.4. The zero-order valence-corrected chi connectivity index (χ0v) is 26.7. The van der Waals surface area contributed by atoms with Gasteiger partial charge < -0.3 is 9.13 Å². The van der Waals surface area contributed by atoms with E-state index < -0.39 is 0 Å². The van der Waals surface area contributed by atoms with Gasteiger partial charge in [0.05, 0.1) is 63.3 Å². The van der Waals surface area contributed by atoms with Crippen molar-refractivity contribution in [1.82, 2.24) is 9.13 Å². The number of hydrogen-bond acceptors (Lipinski definition) is 2. The first-order chi connectivity index (χ1) is 24.7. The summed E-state index contributed by atoms with van der Waals surface area (Å²) in [4.78, 5) is 4.03. The summed E-state index contributed by atoms with van der Waals surface area (Å²) in [7, 11) is 0. The van der Waals surface area contributed by atoms with Gasteiger partial charge in [-0.1, -0.05) is 97.1 Å². The molecule has 0 saturated carbocycles. The van der Waals surface area contributed by atoms with Crippen molar-refractivity contribution in [3.8, 4) is 45.8 Å². The Morgan fingerprint density at radius 2 is 1.02 bits per heavy atom. The molecule has 0 unspecified atom stereocenters. The molecule has 50 heavy (non-hydrogen) atoms. The Balaban J connectivity index is 1.28. The van der Waals surface area contributed by atoms with E-state index in [1.165, 1.54) is 0 Å². The van der Waals surface area contributed by atoms with Gasteiger partial charge in [0.25, 0.3) is 0 Å². The van der Waals surface area contributed by atoms with Crippen molar-refractivity contribution in [1.29, 1.82) is 10.5 Å². The molecule has 0 aliphatic rings. The molecule has 5 heteroatoms. The summed E-state index contributed by atoms with van der Waals surface area (Å²) in [6.07, 6.45) is 0. The van der Waals surface area contributed by atoms with Crippen LogP contribution in [0.15, 0.2) is 152 Å². The molecule has 0 amide bonds. The molecule has 0 aliphatic carbocycles. The normalized spacial score (nSPS) is 11.1. The third-order valence-corrected chi connectivity index (χ3v) is 9.61. The highest BCUT2D eigenvalue weighted by molar-refractivity contribution is 6.11. The maximum Gasteiger partial charge on any atom is 0.212 e. The SMILES string of the molecule is [C-]#[N+]c1cc(-c2ccccc2-c2ccccc2-n2c3ccccc3c3cc(C#N)ccc32)cc(C#N)c1-n1c2ccccc2c2ccccc21.